The molecule has 1 fully saturated rings. The molecule has 0 saturated carbocycles. The van der Waals surface area contributed by atoms with Gasteiger partial charge in [-0.05, 0) is 35.9 Å². The molecule has 0 radical (unpaired) electrons. The lowest BCUT2D eigenvalue weighted by atomic mass is 10.1. The molecule has 0 spiro atoms. The highest BCUT2D eigenvalue weighted by atomic mass is 35.5. The number of thioether (sulfide) groups is 1. The molecule has 0 bridgehead atoms. The molecular formula is C23H22ClNO2S2. The van der Waals surface area contributed by atoms with Crippen molar-refractivity contribution in [1.82, 2.24) is 4.90 Å². The molecule has 1 aromatic heterocycles. The highest BCUT2D eigenvalue weighted by Gasteiger charge is 2.17. The number of thiophene rings is 1. The molecule has 1 aliphatic carbocycles. The first-order chi connectivity index (χ1) is 14.3. The Hall–Kier alpha value is -1.34. The maximum absolute atomic E-state index is 6.32. The summed E-state index contributed by atoms with van der Waals surface area (Å²) in [6, 6.07) is 6.18. The van der Waals surface area contributed by atoms with Crippen LogP contribution in [0.2, 0.25) is 5.02 Å². The van der Waals surface area contributed by atoms with Crippen LogP contribution in [0.1, 0.15) is 0 Å². The van der Waals surface area contributed by atoms with E-state index in [1.807, 2.05) is 29.2 Å². The van der Waals surface area contributed by atoms with Crippen LogP contribution in [-0.2, 0) is 9.47 Å². The summed E-state index contributed by atoms with van der Waals surface area (Å²) in [6.45, 7) is 6.04. The Bertz CT molecular complexity index is 1140. The van der Waals surface area contributed by atoms with Gasteiger partial charge in [0.25, 0.3) is 0 Å². The number of morpholine rings is 1. The van der Waals surface area contributed by atoms with Crippen molar-refractivity contribution in [3.05, 3.63) is 67.8 Å². The molecule has 150 valence electrons. The maximum atomic E-state index is 6.32. The molecule has 3 heterocycles. The van der Waals surface area contributed by atoms with Crippen LogP contribution in [0.5, 0.6) is 0 Å². The van der Waals surface area contributed by atoms with Crippen molar-refractivity contribution in [1.29, 1.82) is 0 Å². The molecular weight excluding hydrogens is 422 g/mol. The zero-order valence-electron chi connectivity index (χ0n) is 16.0. The molecule has 0 atom stereocenters. The summed E-state index contributed by atoms with van der Waals surface area (Å²) in [5, 5.41) is 3.32. The predicted molar refractivity (Wildman–Crippen MR) is 125 cm³/mol. The molecule has 0 unspecified atom stereocenters. The fraction of sp³-hybridized carbons (Fsp3) is 0.304. The van der Waals surface area contributed by atoms with Crippen LogP contribution in [0.4, 0.5) is 0 Å². The van der Waals surface area contributed by atoms with Crippen LogP contribution in [0, 0.1) is 0 Å². The van der Waals surface area contributed by atoms with E-state index < -0.39 is 0 Å². The molecule has 2 aromatic rings. The fourth-order valence-corrected chi connectivity index (χ4v) is 6.22. The minimum Gasteiger partial charge on any atom is -0.379 e. The summed E-state index contributed by atoms with van der Waals surface area (Å²) in [7, 11) is 0. The van der Waals surface area contributed by atoms with Crippen molar-refractivity contribution in [3.8, 4) is 0 Å². The minimum absolute atomic E-state index is 0.647. The van der Waals surface area contributed by atoms with Gasteiger partial charge in [-0.3, -0.25) is 4.90 Å². The lowest BCUT2D eigenvalue weighted by Crippen LogP contribution is -2.38. The topological polar surface area (TPSA) is 21.7 Å². The molecule has 2 aliphatic heterocycles. The van der Waals surface area contributed by atoms with E-state index in [-0.39, 0.29) is 0 Å². The van der Waals surface area contributed by atoms with Crippen LogP contribution < -0.4 is 9.75 Å². The molecule has 29 heavy (non-hydrogen) atoms. The Morgan fingerprint density at radius 3 is 2.93 bits per heavy atom. The van der Waals surface area contributed by atoms with Gasteiger partial charge >= 0.3 is 0 Å². The molecule has 1 saturated heterocycles. The number of fused-ring (bicyclic) bond motifs is 4. The average molecular weight is 444 g/mol. The summed E-state index contributed by atoms with van der Waals surface area (Å²) in [4.78, 5) is 4.94. The first kappa shape index (κ1) is 19.6. The summed E-state index contributed by atoms with van der Waals surface area (Å²) in [5.41, 5.74) is 1.25. The van der Waals surface area contributed by atoms with Crippen molar-refractivity contribution >= 4 is 55.8 Å². The largest absolute Gasteiger partial charge is 0.379 e. The second-order valence-electron chi connectivity index (χ2n) is 7.20. The number of halogens is 1. The van der Waals surface area contributed by atoms with Gasteiger partial charge in [-0.2, -0.15) is 0 Å². The number of rotatable bonds is 5. The summed E-state index contributed by atoms with van der Waals surface area (Å²) in [6.07, 6.45) is 10.9. The van der Waals surface area contributed by atoms with E-state index in [0.29, 0.717) is 6.61 Å². The standard InChI is InChI=1S/C23H22ClNO2S2/c24-17-5-7-20-19(14-17)22-21(29-20)3-1-2-16-4-6-18(28-23(16)22)15-27-13-10-25-8-11-26-12-9-25/h1-7,14H,8-13,15H2. The Kier molecular flexibility index (Phi) is 5.95. The average Bonchev–Trinajstić information content (AvgIpc) is 2.99. The number of nitrogens with zero attached hydrogens (tertiary/aromatic N) is 1. The zero-order valence-corrected chi connectivity index (χ0v) is 18.4. The fourth-order valence-electron chi connectivity index (χ4n) is 3.76. The van der Waals surface area contributed by atoms with Gasteiger partial charge in [-0.25, -0.2) is 0 Å². The molecule has 0 amide bonds. The van der Waals surface area contributed by atoms with Gasteiger partial charge < -0.3 is 9.47 Å². The van der Waals surface area contributed by atoms with Gasteiger partial charge in [0.05, 0.1) is 26.4 Å². The lowest BCUT2D eigenvalue weighted by molar-refractivity contribution is 0.0232. The highest BCUT2D eigenvalue weighted by molar-refractivity contribution is 8.11. The van der Waals surface area contributed by atoms with E-state index in [0.717, 1.165) is 44.5 Å². The van der Waals surface area contributed by atoms with Gasteiger partial charge in [-0.1, -0.05) is 41.6 Å². The maximum Gasteiger partial charge on any atom is 0.0779 e. The second kappa shape index (κ2) is 8.80. The van der Waals surface area contributed by atoms with Crippen LogP contribution in [0.15, 0.2) is 53.0 Å². The first-order valence-corrected chi connectivity index (χ1v) is 11.9. The van der Waals surface area contributed by atoms with E-state index in [9.17, 15) is 0 Å². The van der Waals surface area contributed by atoms with Gasteiger partial charge in [0.1, 0.15) is 0 Å². The smallest absolute Gasteiger partial charge is 0.0779 e. The molecule has 3 nitrogen and oxygen atoms in total. The van der Waals surface area contributed by atoms with Crippen molar-refractivity contribution in [2.24, 2.45) is 0 Å². The van der Waals surface area contributed by atoms with Crippen LogP contribution in [0.3, 0.4) is 0 Å². The quantitative estimate of drug-likeness (QED) is 0.653. The van der Waals surface area contributed by atoms with Gasteiger partial charge in [-0.15, -0.1) is 11.3 Å². The van der Waals surface area contributed by atoms with Crippen LogP contribution in [0.25, 0.3) is 21.1 Å². The van der Waals surface area contributed by atoms with E-state index in [1.165, 1.54) is 35.2 Å². The first-order valence-electron chi connectivity index (χ1n) is 9.86. The van der Waals surface area contributed by atoms with Crippen molar-refractivity contribution in [2.75, 3.05) is 46.1 Å². The van der Waals surface area contributed by atoms with E-state index >= 15 is 0 Å². The van der Waals surface area contributed by atoms with E-state index in [2.05, 4.69) is 47.4 Å². The summed E-state index contributed by atoms with van der Waals surface area (Å²) < 4.78 is 14.0. The zero-order chi connectivity index (χ0) is 19.6. The Morgan fingerprint density at radius 2 is 2.03 bits per heavy atom. The monoisotopic (exact) mass is 443 g/mol. The summed E-state index contributed by atoms with van der Waals surface area (Å²) in [5.74, 6) is 0. The normalized spacial score (nSPS) is 19.3. The number of allylic oxidation sites excluding steroid dienone is 4. The summed E-state index contributed by atoms with van der Waals surface area (Å²) >= 11 is 9.96. The van der Waals surface area contributed by atoms with Gasteiger partial charge in [0.15, 0.2) is 0 Å². The molecule has 6 heteroatoms. The Balaban J connectivity index is 1.37. The number of benzene rings is 1. The second-order valence-corrected chi connectivity index (χ2v) is 9.86. The Labute approximate surface area is 183 Å². The number of hydrogen-bond acceptors (Lipinski definition) is 5. The minimum atomic E-state index is 0.647. The van der Waals surface area contributed by atoms with Crippen molar-refractivity contribution < 1.29 is 9.47 Å². The number of hydrogen-bond donors (Lipinski definition) is 0. The third kappa shape index (κ3) is 4.26. The lowest BCUT2D eigenvalue weighted by Gasteiger charge is -2.26. The number of ether oxygens (including phenoxy) is 2. The van der Waals surface area contributed by atoms with Crippen molar-refractivity contribution in [3.63, 3.8) is 0 Å². The van der Waals surface area contributed by atoms with Crippen LogP contribution >= 0.6 is 34.7 Å². The van der Waals surface area contributed by atoms with Crippen LogP contribution in [-0.4, -0.2) is 51.0 Å². The predicted octanol–water partition coefficient (Wildman–Crippen LogP) is 3.92. The molecule has 1 aromatic carbocycles. The van der Waals surface area contributed by atoms with Gasteiger partial charge in [0, 0.05) is 54.3 Å². The van der Waals surface area contributed by atoms with E-state index in [1.54, 1.807) is 0 Å². The van der Waals surface area contributed by atoms with E-state index in [4.69, 9.17) is 21.1 Å². The third-order valence-corrected chi connectivity index (χ3v) is 7.80. The third-order valence-electron chi connectivity index (χ3n) is 5.27. The molecule has 0 N–H and O–H groups in total. The Morgan fingerprint density at radius 1 is 1.14 bits per heavy atom. The SMILES string of the molecule is Clc1ccc2sc3c(c2c1)=C1SC(COCCN2CCOCC2)=CC=C1C=CC=3. The molecule has 5 rings (SSSR count). The molecule has 3 aliphatic rings. The van der Waals surface area contributed by atoms with Crippen molar-refractivity contribution in [2.45, 2.75) is 0 Å². The highest BCUT2D eigenvalue weighted by Crippen LogP contribution is 2.37. The van der Waals surface area contributed by atoms with Gasteiger partial charge in [0.2, 0.25) is 0 Å².